The van der Waals surface area contributed by atoms with E-state index in [1.165, 1.54) is 21.6 Å². The zero-order valence-electron chi connectivity index (χ0n) is 18.3. The Morgan fingerprint density at radius 1 is 1.33 bits per heavy atom. The fraction of sp³-hybridized carbons (Fsp3) is 0.625. The Hall–Kier alpha value is -1.82. The van der Waals surface area contributed by atoms with Gasteiger partial charge in [-0.2, -0.15) is 11.8 Å². The summed E-state index contributed by atoms with van der Waals surface area (Å²) in [5.41, 5.74) is 5.91. The molecule has 3 atom stereocenters. The van der Waals surface area contributed by atoms with Gasteiger partial charge >= 0.3 is 5.97 Å². The molecule has 6 heteroatoms. The minimum atomic E-state index is -0.904. The Kier molecular flexibility index (Phi) is 5.50. The molecule has 2 fully saturated rings. The molecule has 0 bridgehead atoms. The molecular weight excluding hydrogens is 398 g/mol. The molecule has 5 nitrogen and oxygen atoms in total. The van der Waals surface area contributed by atoms with Gasteiger partial charge in [0.2, 0.25) is 5.91 Å². The third kappa shape index (κ3) is 3.28. The standard InChI is InChI=1S/C24H31NO4S/c1-13-10-17-20(15(3)24(7-8-24)16(4)21(17)26)18(13)12-30-11-14(2)22(27)25-9-5-6-19(25)23(28)29/h10,14,16,19H,5-9,11-12H2,1-4H3,(H,28,29)/t14-,16?,19?/m1/s1. The maximum atomic E-state index is 13.0. The van der Waals surface area contributed by atoms with Crippen molar-refractivity contribution in [3.63, 3.8) is 0 Å². The predicted octanol–water partition coefficient (Wildman–Crippen LogP) is 4.00. The Morgan fingerprint density at radius 3 is 2.67 bits per heavy atom. The van der Waals surface area contributed by atoms with Crippen LogP contribution in [0.3, 0.4) is 0 Å². The van der Waals surface area contributed by atoms with Crippen LogP contribution in [-0.2, 0) is 14.4 Å². The average Bonchev–Trinajstić information content (AvgIpc) is 3.23. The first-order valence-corrected chi connectivity index (χ1v) is 12.1. The highest BCUT2D eigenvalue weighted by Crippen LogP contribution is 2.63. The molecule has 3 aliphatic carbocycles. The molecular formula is C24H31NO4S. The van der Waals surface area contributed by atoms with Crippen LogP contribution in [0.4, 0.5) is 0 Å². The topological polar surface area (TPSA) is 74.7 Å². The van der Waals surface area contributed by atoms with Crippen LogP contribution in [0.25, 0.3) is 0 Å². The molecule has 1 saturated heterocycles. The lowest BCUT2D eigenvalue weighted by atomic mass is 9.70. The maximum Gasteiger partial charge on any atom is 0.326 e. The lowest BCUT2D eigenvalue weighted by Gasteiger charge is -2.32. The summed E-state index contributed by atoms with van der Waals surface area (Å²) < 4.78 is 0. The summed E-state index contributed by atoms with van der Waals surface area (Å²) >= 11 is 1.71. The van der Waals surface area contributed by atoms with Crippen LogP contribution in [0, 0.1) is 17.3 Å². The van der Waals surface area contributed by atoms with E-state index in [-0.39, 0.29) is 28.9 Å². The van der Waals surface area contributed by atoms with Crippen molar-refractivity contribution >= 4 is 29.4 Å². The molecule has 4 aliphatic rings. The number of allylic oxidation sites excluding steroid dienone is 5. The zero-order chi connectivity index (χ0) is 21.8. The van der Waals surface area contributed by atoms with Gasteiger partial charge in [0.25, 0.3) is 0 Å². The number of carbonyl (C=O) groups excluding carboxylic acids is 2. The minimum Gasteiger partial charge on any atom is -0.480 e. The van der Waals surface area contributed by atoms with Gasteiger partial charge < -0.3 is 10.0 Å². The Labute approximate surface area is 182 Å². The number of carboxylic acid groups (broad SMARTS) is 1. The molecule has 2 unspecified atom stereocenters. The van der Waals surface area contributed by atoms with Crippen molar-refractivity contribution in [3.8, 4) is 0 Å². The van der Waals surface area contributed by atoms with Gasteiger partial charge in [-0.1, -0.05) is 19.4 Å². The molecule has 1 N–H and O–H groups in total. The number of rotatable bonds is 6. The first-order chi connectivity index (χ1) is 14.2. The lowest BCUT2D eigenvalue weighted by Crippen LogP contribution is -2.43. The van der Waals surface area contributed by atoms with E-state index in [4.69, 9.17) is 0 Å². The summed E-state index contributed by atoms with van der Waals surface area (Å²) in [4.78, 5) is 38.7. The molecule has 1 spiro atoms. The molecule has 0 aromatic rings. The number of Topliss-reactive ketones (excluding diaryl/α,β-unsaturated/α-hetero) is 1. The number of hydrogen-bond acceptors (Lipinski definition) is 4. The van der Waals surface area contributed by atoms with Gasteiger partial charge in [-0.25, -0.2) is 4.79 Å². The first kappa shape index (κ1) is 21.4. The van der Waals surface area contributed by atoms with E-state index in [9.17, 15) is 19.5 Å². The van der Waals surface area contributed by atoms with Crippen LogP contribution >= 0.6 is 11.8 Å². The van der Waals surface area contributed by atoms with E-state index in [2.05, 4.69) is 26.8 Å². The number of likely N-dealkylation sites (tertiary alicyclic amines) is 1. The van der Waals surface area contributed by atoms with Crippen molar-refractivity contribution in [2.45, 2.75) is 59.4 Å². The van der Waals surface area contributed by atoms with E-state index in [0.717, 1.165) is 36.2 Å². The van der Waals surface area contributed by atoms with Crippen LogP contribution in [-0.4, -0.2) is 51.8 Å². The van der Waals surface area contributed by atoms with Crippen molar-refractivity contribution < 1.29 is 19.5 Å². The summed E-state index contributed by atoms with van der Waals surface area (Å²) in [7, 11) is 0. The zero-order valence-corrected chi connectivity index (χ0v) is 19.1. The van der Waals surface area contributed by atoms with Crippen LogP contribution in [0.5, 0.6) is 0 Å². The predicted molar refractivity (Wildman–Crippen MR) is 118 cm³/mol. The fourth-order valence-electron chi connectivity index (χ4n) is 5.52. The Balaban J connectivity index is 1.42. The number of amides is 1. The lowest BCUT2D eigenvalue weighted by molar-refractivity contribution is -0.149. The third-order valence-corrected chi connectivity index (χ3v) is 8.89. The van der Waals surface area contributed by atoms with Crippen LogP contribution in [0.15, 0.2) is 33.9 Å². The number of nitrogens with zero attached hydrogens (tertiary/aromatic N) is 1. The number of hydrogen-bond donors (Lipinski definition) is 1. The monoisotopic (exact) mass is 429 g/mol. The van der Waals surface area contributed by atoms with Crippen LogP contribution < -0.4 is 0 Å². The highest BCUT2D eigenvalue weighted by atomic mass is 32.2. The second kappa shape index (κ2) is 7.70. The van der Waals surface area contributed by atoms with E-state index in [1.54, 1.807) is 11.8 Å². The second-order valence-electron chi connectivity index (χ2n) is 9.41. The smallest absolute Gasteiger partial charge is 0.326 e. The normalized spacial score (nSPS) is 28.2. The quantitative estimate of drug-likeness (QED) is 0.691. The van der Waals surface area contributed by atoms with Crippen molar-refractivity contribution in [1.29, 1.82) is 0 Å². The van der Waals surface area contributed by atoms with Crippen molar-refractivity contribution in [2.75, 3.05) is 18.1 Å². The van der Waals surface area contributed by atoms with Crippen LogP contribution in [0.1, 0.15) is 53.4 Å². The number of thioether (sulfide) groups is 1. The minimum absolute atomic E-state index is 0.0580. The second-order valence-corrected chi connectivity index (χ2v) is 10.4. The molecule has 1 aliphatic heterocycles. The summed E-state index contributed by atoms with van der Waals surface area (Å²) in [6.07, 6.45) is 5.56. The number of carbonyl (C=O) groups is 3. The Bertz CT molecular complexity index is 908. The van der Waals surface area contributed by atoms with E-state index in [0.29, 0.717) is 18.7 Å². The van der Waals surface area contributed by atoms with Gasteiger partial charge in [0, 0.05) is 40.9 Å². The summed E-state index contributed by atoms with van der Waals surface area (Å²) in [5, 5.41) is 9.34. The average molecular weight is 430 g/mol. The number of aliphatic carboxylic acids is 1. The SMILES string of the molecule is CC1=C(CSC[C@@H](C)C(=O)N2CCCC2C(=O)O)C2=C(C)C3(CC3)C(C)C(=O)C2=C1. The molecule has 1 amide bonds. The van der Waals surface area contributed by atoms with Gasteiger partial charge in [-0.05, 0) is 62.3 Å². The molecule has 30 heavy (non-hydrogen) atoms. The van der Waals surface area contributed by atoms with E-state index in [1.807, 2.05) is 6.92 Å². The van der Waals surface area contributed by atoms with Crippen molar-refractivity contribution in [3.05, 3.63) is 33.9 Å². The Morgan fingerprint density at radius 2 is 2.03 bits per heavy atom. The van der Waals surface area contributed by atoms with E-state index < -0.39 is 12.0 Å². The largest absolute Gasteiger partial charge is 0.480 e. The number of carboxylic acids is 1. The molecule has 0 aromatic heterocycles. The molecule has 1 heterocycles. The van der Waals surface area contributed by atoms with Crippen molar-refractivity contribution in [1.82, 2.24) is 4.90 Å². The van der Waals surface area contributed by atoms with Gasteiger partial charge in [-0.15, -0.1) is 0 Å². The van der Waals surface area contributed by atoms with Gasteiger partial charge in [0.15, 0.2) is 5.78 Å². The number of fused-ring (bicyclic) bond motifs is 1. The molecule has 4 rings (SSSR count). The number of ketones is 1. The summed E-state index contributed by atoms with van der Waals surface area (Å²) in [5.74, 6) is 0.599. The highest BCUT2D eigenvalue weighted by molar-refractivity contribution is 7.99. The summed E-state index contributed by atoms with van der Waals surface area (Å²) in [6.45, 7) is 8.79. The fourth-order valence-corrected chi connectivity index (χ4v) is 6.71. The first-order valence-electron chi connectivity index (χ1n) is 11.0. The summed E-state index contributed by atoms with van der Waals surface area (Å²) in [6, 6.07) is -0.672. The van der Waals surface area contributed by atoms with Gasteiger partial charge in [0.05, 0.1) is 0 Å². The molecule has 1 saturated carbocycles. The van der Waals surface area contributed by atoms with Gasteiger partial charge in [-0.3, -0.25) is 9.59 Å². The third-order valence-electron chi connectivity index (χ3n) is 7.66. The molecule has 0 aromatic carbocycles. The van der Waals surface area contributed by atoms with Crippen molar-refractivity contribution in [2.24, 2.45) is 17.3 Å². The van der Waals surface area contributed by atoms with E-state index >= 15 is 0 Å². The molecule has 162 valence electrons. The molecule has 0 radical (unpaired) electrons. The maximum absolute atomic E-state index is 13.0. The van der Waals surface area contributed by atoms with Gasteiger partial charge in [0.1, 0.15) is 6.04 Å². The van der Waals surface area contributed by atoms with Crippen LogP contribution in [0.2, 0.25) is 0 Å². The highest BCUT2D eigenvalue weighted by Gasteiger charge is 2.56.